The first-order valence-electron chi connectivity index (χ1n) is 20.8. The van der Waals surface area contributed by atoms with Gasteiger partial charge in [-0.2, -0.15) is 0 Å². The van der Waals surface area contributed by atoms with Crippen LogP contribution in [0.2, 0.25) is 0 Å². The molecule has 0 aliphatic carbocycles. The second-order valence-electron chi connectivity index (χ2n) is 10.1. The molecule has 0 fully saturated rings. The van der Waals surface area contributed by atoms with Crippen molar-refractivity contribution in [3.63, 3.8) is 0 Å². The predicted molar refractivity (Wildman–Crippen MR) is 163 cm³/mol. The number of carbonyl (C=O) groups is 5. The summed E-state index contributed by atoms with van der Waals surface area (Å²) in [4.78, 5) is 67.8. The Morgan fingerprint density at radius 2 is 1.12 bits per heavy atom. The molecule has 4 amide bonds. The minimum absolute atomic E-state index is 0.0483. The number of hydrogen-bond donors (Lipinski definition) is 0. The third-order valence-corrected chi connectivity index (χ3v) is 7.40. The zero-order chi connectivity index (χ0) is 44.4. The Hall–Kier alpha value is -5.17. The molecule has 0 atom stereocenters. The highest BCUT2D eigenvalue weighted by molar-refractivity contribution is 6.35. The summed E-state index contributed by atoms with van der Waals surface area (Å²) in [6, 6.07) is 2.88. The van der Waals surface area contributed by atoms with Crippen LogP contribution in [0.25, 0.3) is 0 Å². The van der Waals surface area contributed by atoms with Crippen molar-refractivity contribution in [2.24, 2.45) is 0 Å². The molecule has 0 bridgehead atoms. The van der Waals surface area contributed by atoms with E-state index in [9.17, 15) is 24.0 Å². The Morgan fingerprint density at radius 3 is 1.65 bits per heavy atom. The zero-order valence-electron chi connectivity index (χ0n) is 38.6. The molecule has 0 saturated heterocycles. The molecule has 0 radical (unpaired) electrons. The van der Waals surface area contributed by atoms with E-state index in [1.807, 2.05) is 0 Å². The summed E-state index contributed by atoms with van der Waals surface area (Å²) in [5.74, 6) is -4.61. The van der Waals surface area contributed by atoms with E-state index in [2.05, 4.69) is 0 Å². The average molecular weight is 587 g/mol. The molecule has 0 spiro atoms. The van der Waals surface area contributed by atoms with Gasteiger partial charge in [-0.25, -0.2) is 4.90 Å². The quantitative estimate of drug-likeness (QED) is 0.209. The summed E-state index contributed by atoms with van der Waals surface area (Å²) in [5, 5.41) is 0. The van der Waals surface area contributed by atoms with Gasteiger partial charge in [0.2, 0.25) is 0 Å². The molecule has 0 saturated carbocycles. The van der Waals surface area contributed by atoms with Gasteiger partial charge in [0.15, 0.2) is 5.78 Å². The first-order valence-corrected chi connectivity index (χ1v) is 12.8. The number of fused-ring (bicyclic) bond motifs is 2. The minimum atomic E-state index is -3.51. The fourth-order valence-electron chi connectivity index (χ4n) is 5.05. The summed E-state index contributed by atoms with van der Waals surface area (Å²) in [7, 11) is 1.26. The summed E-state index contributed by atoms with van der Waals surface area (Å²) in [5.41, 5.74) is -8.14. The molecular formula is C36H30N2O5. The van der Waals surface area contributed by atoms with E-state index in [4.69, 9.17) is 21.9 Å². The number of nitrogens with zero attached hydrogens (tertiary/aromatic N) is 2. The van der Waals surface area contributed by atoms with Crippen molar-refractivity contribution in [1.29, 1.82) is 0 Å². The number of anilines is 1. The maximum Gasteiger partial charge on any atom is 0.266 e. The Morgan fingerprint density at radius 1 is 0.674 bits per heavy atom. The Kier molecular flexibility index (Phi) is 3.44. The lowest BCUT2D eigenvalue weighted by Crippen LogP contribution is -2.30. The van der Waals surface area contributed by atoms with Crippen molar-refractivity contribution in [3.8, 4) is 0 Å². The first-order chi connectivity index (χ1) is 26.9. The second-order valence-corrected chi connectivity index (χ2v) is 10.1. The van der Waals surface area contributed by atoms with E-state index in [0.29, 0.717) is 0 Å². The first kappa shape index (κ1) is 14.8. The summed E-state index contributed by atoms with van der Waals surface area (Å²) in [6.45, 7) is -12.1. The molecule has 7 nitrogen and oxygen atoms in total. The number of imide groups is 2. The van der Waals surface area contributed by atoms with Gasteiger partial charge in [0.25, 0.3) is 23.6 Å². The van der Waals surface area contributed by atoms with Crippen LogP contribution in [0.5, 0.6) is 0 Å². The van der Waals surface area contributed by atoms with Crippen molar-refractivity contribution >= 4 is 35.1 Å². The van der Waals surface area contributed by atoms with Gasteiger partial charge in [-0.1, -0.05) is 36.3 Å². The number of benzene rings is 4. The fourth-order valence-corrected chi connectivity index (χ4v) is 5.05. The van der Waals surface area contributed by atoms with Crippen molar-refractivity contribution in [2.45, 2.75) is 40.8 Å². The summed E-state index contributed by atoms with van der Waals surface area (Å²) >= 11 is 0. The van der Waals surface area contributed by atoms with E-state index in [1.54, 1.807) is 0 Å². The Balaban J connectivity index is 1.54. The number of ketones is 1. The molecule has 0 aromatic heterocycles. The molecule has 6 rings (SSSR count). The van der Waals surface area contributed by atoms with Gasteiger partial charge in [0, 0.05) is 34.6 Å². The lowest BCUT2D eigenvalue weighted by Gasteiger charge is -2.21. The van der Waals surface area contributed by atoms with Crippen molar-refractivity contribution in [1.82, 2.24) is 4.90 Å². The largest absolute Gasteiger partial charge is 0.289 e. The third kappa shape index (κ3) is 4.39. The van der Waals surface area contributed by atoms with Gasteiger partial charge in [-0.15, -0.1) is 0 Å². The number of carbonyl (C=O) groups excluding carboxylic acids is 5. The maximum atomic E-state index is 14.2. The molecule has 7 heteroatoms. The maximum absolute atomic E-state index is 14.2. The average Bonchev–Trinajstić information content (AvgIpc) is 3.46. The standard InChI is InChI=1S/C36H30N2O5/c1-18-11-23(12-19(2)22(18)5)15-24-13-20(3)31(21(4)14-24)38-35(42)28-10-8-26(17-30(28)36(38)43)32(39)25-7-9-27-29(16-25)34(41)37(6)33(27)40/h7-14,16-17H,15H2,1-6H3/i1D3,2D3,3D3,4D3,11D,12D,13D,14D. The van der Waals surface area contributed by atoms with Crippen LogP contribution in [-0.4, -0.2) is 41.4 Å². The topological polar surface area (TPSA) is 91.8 Å². The van der Waals surface area contributed by atoms with Crippen molar-refractivity contribution in [3.05, 3.63) is 133 Å². The normalized spacial score (nSPS) is 20.7. The molecule has 0 unspecified atom stereocenters. The SMILES string of the molecule is [2H]c1c(Cc2c([2H])c(C([2H])([2H])[2H])c(N3C(=O)c4ccc(C(=O)c5ccc6c(c5)C(=O)N(C)C6=O)cc4C3=O)c(C([2H])([2H])[2H])c2[2H])c([2H])c(C([2H])([2H])[2H])c(C)c1C([2H])([2H])[2H]. The summed E-state index contributed by atoms with van der Waals surface area (Å²) in [6.07, 6.45) is -1.04. The molecule has 214 valence electrons. The van der Waals surface area contributed by atoms with Crippen LogP contribution in [0.1, 0.15) is 118 Å². The minimum Gasteiger partial charge on any atom is -0.289 e. The van der Waals surface area contributed by atoms with E-state index >= 15 is 0 Å². The van der Waals surface area contributed by atoms with Crippen LogP contribution < -0.4 is 4.90 Å². The Bertz CT molecular complexity index is 2520. The molecule has 4 aromatic rings. The van der Waals surface area contributed by atoms with E-state index in [0.717, 1.165) is 30.0 Å². The van der Waals surface area contributed by atoms with Crippen LogP contribution in [0.3, 0.4) is 0 Å². The number of hydrogen-bond acceptors (Lipinski definition) is 5. The number of amides is 4. The highest BCUT2D eigenvalue weighted by Crippen LogP contribution is 2.35. The van der Waals surface area contributed by atoms with Gasteiger partial charge in [0.05, 0.1) is 33.4 Å². The van der Waals surface area contributed by atoms with E-state index in [-0.39, 0.29) is 27.2 Å². The van der Waals surface area contributed by atoms with Crippen LogP contribution in [-0.2, 0) is 6.42 Å². The van der Waals surface area contributed by atoms with Crippen molar-refractivity contribution < 1.29 is 45.9 Å². The highest BCUT2D eigenvalue weighted by atomic mass is 16.2. The second kappa shape index (κ2) is 9.98. The number of rotatable bonds is 5. The van der Waals surface area contributed by atoms with Crippen LogP contribution in [0.4, 0.5) is 5.69 Å². The van der Waals surface area contributed by atoms with E-state index < -0.39 is 143 Å². The van der Waals surface area contributed by atoms with E-state index in [1.165, 1.54) is 25.2 Å². The van der Waals surface area contributed by atoms with Crippen LogP contribution >= 0.6 is 0 Å². The predicted octanol–water partition coefficient (Wildman–Crippen LogP) is 6.08. The smallest absolute Gasteiger partial charge is 0.266 e. The van der Waals surface area contributed by atoms with Crippen molar-refractivity contribution in [2.75, 3.05) is 11.9 Å². The molecule has 2 heterocycles. The van der Waals surface area contributed by atoms with Gasteiger partial charge in [-0.3, -0.25) is 28.9 Å². The Labute approximate surface area is 272 Å². The monoisotopic (exact) mass is 586 g/mol. The fraction of sp³-hybridized carbons (Fsp3) is 0.194. The van der Waals surface area contributed by atoms with Gasteiger partial charge in [0.1, 0.15) is 0 Å². The molecule has 2 aliphatic rings. The molecule has 4 aromatic carbocycles. The lowest BCUT2D eigenvalue weighted by molar-refractivity contribution is 0.0692. The zero-order valence-corrected chi connectivity index (χ0v) is 22.6. The molecule has 43 heavy (non-hydrogen) atoms. The van der Waals surface area contributed by atoms with Crippen LogP contribution in [0, 0.1) is 34.3 Å². The summed E-state index contributed by atoms with van der Waals surface area (Å²) < 4.78 is 134. The molecule has 0 N–H and O–H groups in total. The van der Waals surface area contributed by atoms with Gasteiger partial charge < -0.3 is 0 Å². The third-order valence-electron chi connectivity index (χ3n) is 7.40. The highest BCUT2D eigenvalue weighted by Gasteiger charge is 2.39. The molecular weight excluding hydrogens is 540 g/mol. The van der Waals surface area contributed by atoms with Gasteiger partial charge >= 0.3 is 0 Å². The van der Waals surface area contributed by atoms with Gasteiger partial charge in [-0.05, 0) is 104 Å². The van der Waals surface area contributed by atoms with Crippen LogP contribution in [0.15, 0.2) is 60.6 Å². The lowest BCUT2D eigenvalue weighted by atomic mass is 9.94. The molecule has 2 aliphatic heterocycles.